The molecule has 2 N–H and O–H groups in total. The van der Waals surface area contributed by atoms with Crippen LogP contribution in [-0.2, 0) is 9.84 Å². The van der Waals surface area contributed by atoms with E-state index in [1.54, 1.807) is 0 Å². The quantitative estimate of drug-likeness (QED) is 0.481. The zero-order valence-corrected chi connectivity index (χ0v) is 5.48. The molecule has 0 aromatic carbocycles. The minimum Gasteiger partial charge on any atom is -0.494 e. The van der Waals surface area contributed by atoms with Crippen LogP contribution in [-0.4, -0.2) is 25.8 Å². The third-order valence-electron chi connectivity index (χ3n) is 0.984. The highest BCUT2D eigenvalue weighted by Crippen LogP contribution is 1.99. The van der Waals surface area contributed by atoms with Crippen molar-refractivity contribution in [2.45, 2.75) is 0 Å². The SMILES string of the molecule is O=S1(=O)C=C(O)NCC1. The molecule has 0 aromatic rings. The average Bonchev–Trinajstić information content (AvgIpc) is 1.60. The molecule has 0 aliphatic carbocycles. The van der Waals surface area contributed by atoms with E-state index in [9.17, 15) is 8.42 Å². The van der Waals surface area contributed by atoms with Crippen LogP contribution in [0.1, 0.15) is 0 Å². The van der Waals surface area contributed by atoms with Gasteiger partial charge in [-0.1, -0.05) is 0 Å². The summed E-state index contributed by atoms with van der Waals surface area (Å²) in [6, 6.07) is 0. The Bertz CT molecular complexity index is 228. The van der Waals surface area contributed by atoms with Crippen LogP contribution in [0.25, 0.3) is 0 Å². The maximum absolute atomic E-state index is 10.6. The molecule has 0 saturated heterocycles. The van der Waals surface area contributed by atoms with Crippen LogP contribution in [0.15, 0.2) is 11.3 Å². The van der Waals surface area contributed by atoms with E-state index in [-0.39, 0.29) is 11.6 Å². The largest absolute Gasteiger partial charge is 0.494 e. The molecule has 0 unspecified atom stereocenters. The monoisotopic (exact) mass is 149 g/mol. The van der Waals surface area contributed by atoms with Crippen molar-refractivity contribution in [3.63, 3.8) is 0 Å². The van der Waals surface area contributed by atoms with Gasteiger partial charge in [-0.05, 0) is 0 Å². The van der Waals surface area contributed by atoms with Gasteiger partial charge in [0.2, 0.25) is 0 Å². The van der Waals surface area contributed by atoms with Gasteiger partial charge in [0.25, 0.3) is 0 Å². The van der Waals surface area contributed by atoms with Gasteiger partial charge in [0.1, 0.15) is 0 Å². The van der Waals surface area contributed by atoms with E-state index in [1.165, 1.54) is 0 Å². The fourth-order valence-corrected chi connectivity index (χ4v) is 1.52. The maximum atomic E-state index is 10.6. The lowest BCUT2D eigenvalue weighted by Crippen LogP contribution is -2.27. The molecule has 1 heterocycles. The lowest BCUT2D eigenvalue weighted by Gasteiger charge is -2.09. The molecule has 0 atom stereocenters. The molecule has 1 aliphatic heterocycles. The number of rotatable bonds is 0. The number of sulfone groups is 1. The van der Waals surface area contributed by atoms with E-state index in [1.807, 2.05) is 0 Å². The highest BCUT2D eigenvalue weighted by molar-refractivity contribution is 7.94. The second kappa shape index (κ2) is 1.91. The summed E-state index contributed by atoms with van der Waals surface area (Å²) in [6.45, 7) is 0.296. The summed E-state index contributed by atoms with van der Waals surface area (Å²) < 4.78 is 21.2. The van der Waals surface area contributed by atoms with Crippen LogP contribution in [0.3, 0.4) is 0 Å². The fraction of sp³-hybridized carbons (Fsp3) is 0.500. The molecule has 1 aliphatic rings. The zero-order chi connectivity index (χ0) is 6.91. The van der Waals surface area contributed by atoms with Gasteiger partial charge in [-0.3, -0.25) is 0 Å². The van der Waals surface area contributed by atoms with Crippen molar-refractivity contribution in [3.8, 4) is 0 Å². The average molecular weight is 149 g/mol. The molecule has 0 amide bonds. The second-order valence-corrected chi connectivity index (χ2v) is 3.77. The molecule has 1 rings (SSSR count). The van der Waals surface area contributed by atoms with Crippen molar-refractivity contribution < 1.29 is 13.5 Å². The Kier molecular flexibility index (Phi) is 1.36. The summed E-state index contributed by atoms with van der Waals surface area (Å²) in [6.07, 6.45) is 0. The van der Waals surface area contributed by atoms with Gasteiger partial charge in [0.15, 0.2) is 15.7 Å². The minimum absolute atomic E-state index is 0.0665. The van der Waals surface area contributed by atoms with Crippen LogP contribution in [0.2, 0.25) is 0 Å². The molecule has 4 nitrogen and oxygen atoms in total. The molecular formula is C4H7NO3S. The number of hydrogen-bond acceptors (Lipinski definition) is 4. The fourth-order valence-electron chi connectivity index (χ4n) is 0.592. The summed E-state index contributed by atoms with van der Waals surface area (Å²) in [7, 11) is -3.11. The maximum Gasteiger partial charge on any atom is 0.195 e. The van der Waals surface area contributed by atoms with Gasteiger partial charge in [-0.2, -0.15) is 0 Å². The zero-order valence-electron chi connectivity index (χ0n) is 4.66. The predicted molar refractivity (Wildman–Crippen MR) is 32.5 cm³/mol. The molecule has 0 saturated carbocycles. The Balaban J connectivity index is 2.95. The first kappa shape index (κ1) is 6.41. The molecule has 0 radical (unpaired) electrons. The Labute approximate surface area is 53.1 Å². The number of aliphatic hydroxyl groups excluding tert-OH is 1. The van der Waals surface area contributed by atoms with E-state index in [0.29, 0.717) is 6.54 Å². The van der Waals surface area contributed by atoms with E-state index in [0.717, 1.165) is 5.41 Å². The third kappa shape index (κ3) is 1.60. The van der Waals surface area contributed by atoms with Gasteiger partial charge in [0.05, 0.1) is 11.2 Å². The van der Waals surface area contributed by atoms with Crippen molar-refractivity contribution in [3.05, 3.63) is 11.3 Å². The molecule has 9 heavy (non-hydrogen) atoms. The number of hydrogen-bond donors (Lipinski definition) is 2. The highest BCUT2D eigenvalue weighted by Gasteiger charge is 2.13. The van der Waals surface area contributed by atoms with Crippen LogP contribution < -0.4 is 5.32 Å². The molecule has 0 bridgehead atoms. The Morgan fingerprint density at radius 2 is 2.33 bits per heavy atom. The third-order valence-corrected chi connectivity index (χ3v) is 2.34. The van der Waals surface area contributed by atoms with Crippen molar-refractivity contribution >= 4 is 9.84 Å². The smallest absolute Gasteiger partial charge is 0.195 e. The molecule has 52 valence electrons. The minimum atomic E-state index is -3.11. The normalized spacial score (nSPS) is 24.2. The van der Waals surface area contributed by atoms with Crippen LogP contribution in [0.5, 0.6) is 0 Å². The number of nitrogens with one attached hydrogen (secondary N) is 1. The van der Waals surface area contributed by atoms with Gasteiger partial charge in [-0.25, -0.2) is 8.42 Å². The first-order chi connectivity index (χ1) is 4.10. The first-order valence-corrected chi connectivity index (χ1v) is 4.19. The molecule has 0 fully saturated rings. The molecular weight excluding hydrogens is 142 g/mol. The summed E-state index contributed by atoms with van der Waals surface area (Å²) in [4.78, 5) is 0. The van der Waals surface area contributed by atoms with E-state index >= 15 is 0 Å². The Morgan fingerprint density at radius 1 is 1.67 bits per heavy atom. The predicted octanol–water partition coefficient (Wildman–Crippen LogP) is -0.639. The lowest BCUT2D eigenvalue weighted by atomic mass is 10.7. The van der Waals surface area contributed by atoms with Crippen LogP contribution in [0.4, 0.5) is 0 Å². The molecule has 5 heteroatoms. The topological polar surface area (TPSA) is 66.4 Å². The van der Waals surface area contributed by atoms with Crippen molar-refractivity contribution in [2.24, 2.45) is 0 Å². The van der Waals surface area contributed by atoms with E-state index in [4.69, 9.17) is 5.11 Å². The van der Waals surface area contributed by atoms with Crippen LogP contribution >= 0.6 is 0 Å². The lowest BCUT2D eigenvalue weighted by molar-refractivity contribution is 0.366. The Hall–Kier alpha value is -0.710. The van der Waals surface area contributed by atoms with Crippen molar-refractivity contribution in [2.75, 3.05) is 12.3 Å². The second-order valence-electron chi connectivity index (χ2n) is 1.80. The summed E-state index contributed by atoms with van der Waals surface area (Å²) >= 11 is 0. The van der Waals surface area contributed by atoms with Gasteiger partial charge >= 0.3 is 0 Å². The van der Waals surface area contributed by atoms with Crippen molar-refractivity contribution in [1.29, 1.82) is 0 Å². The Morgan fingerprint density at radius 3 is 2.67 bits per heavy atom. The summed E-state index contributed by atoms with van der Waals surface area (Å²) in [5.41, 5.74) is 0. The molecule has 0 aromatic heterocycles. The van der Waals surface area contributed by atoms with Gasteiger partial charge in [0, 0.05) is 6.54 Å². The number of aliphatic hydroxyl groups is 1. The van der Waals surface area contributed by atoms with Gasteiger partial charge < -0.3 is 10.4 Å². The standard InChI is InChI=1S/C4H7NO3S/c6-4-3-9(7,8)2-1-5-4/h3,5-6H,1-2H2. The molecule has 0 spiro atoms. The first-order valence-electron chi connectivity index (χ1n) is 2.47. The van der Waals surface area contributed by atoms with E-state index < -0.39 is 9.84 Å². The van der Waals surface area contributed by atoms with Crippen molar-refractivity contribution in [1.82, 2.24) is 5.32 Å². The van der Waals surface area contributed by atoms with E-state index in [2.05, 4.69) is 5.32 Å². The summed E-state index contributed by atoms with van der Waals surface area (Å²) in [5.74, 6) is -0.196. The van der Waals surface area contributed by atoms with Gasteiger partial charge in [-0.15, -0.1) is 0 Å². The highest BCUT2D eigenvalue weighted by atomic mass is 32.2. The van der Waals surface area contributed by atoms with Crippen LogP contribution in [0, 0.1) is 0 Å². The summed E-state index contributed by atoms with van der Waals surface area (Å²) in [5, 5.41) is 11.9.